The molecule has 0 atom stereocenters. The van der Waals surface area contributed by atoms with Gasteiger partial charge in [-0.3, -0.25) is 9.59 Å². The van der Waals surface area contributed by atoms with Crippen molar-refractivity contribution in [2.24, 2.45) is 0 Å². The van der Waals surface area contributed by atoms with E-state index in [1.54, 1.807) is 6.08 Å². The SMILES string of the molecule is Cc1cc(C)c(C=CC(=O)N(Cc2ccc(C(=O)NC3CC3)cc2)C2CC2)cc1C. The van der Waals surface area contributed by atoms with Gasteiger partial charge in [-0.2, -0.15) is 0 Å². The van der Waals surface area contributed by atoms with Crippen molar-refractivity contribution in [3.63, 3.8) is 0 Å². The van der Waals surface area contributed by atoms with Crippen LogP contribution in [0, 0.1) is 20.8 Å². The molecule has 0 heterocycles. The summed E-state index contributed by atoms with van der Waals surface area (Å²) in [5, 5.41) is 3.01. The molecule has 2 aliphatic carbocycles. The molecule has 2 saturated carbocycles. The highest BCUT2D eigenvalue weighted by molar-refractivity contribution is 5.94. The fourth-order valence-corrected chi connectivity index (χ4v) is 3.65. The van der Waals surface area contributed by atoms with Gasteiger partial charge in [0.25, 0.3) is 5.91 Å². The second-order valence-electron chi connectivity index (χ2n) is 8.77. The second kappa shape index (κ2) is 8.47. The molecule has 2 aromatic carbocycles. The van der Waals surface area contributed by atoms with E-state index in [1.807, 2.05) is 35.2 Å². The molecule has 0 radical (unpaired) electrons. The minimum absolute atomic E-state index is 0.00845. The Morgan fingerprint density at radius 2 is 1.63 bits per heavy atom. The van der Waals surface area contributed by atoms with Crippen molar-refractivity contribution in [2.45, 2.75) is 65.1 Å². The molecular formula is C26H30N2O2. The van der Waals surface area contributed by atoms with Gasteiger partial charge in [0.1, 0.15) is 0 Å². The van der Waals surface area contributed by atoms with Crippen molar-refractivity contribution >= 4 is 17.9 Å². The number of amides is 2. The summed E-state index contributed by atoms with van der Waals surface area (Å²) in [6.45, 7) is 6.86. The Labute approximate surface area is 179 Å². The summed E-state index contributed by atoms with van der Waals surface area (Å²) >= 11 is 0. The maximum absolute atomic E-state index is 12.9. The lowest BCUT2D eigenvalue weighted by atomic mass is 10.0. The molecule has 0 bridgehead atoms. The van der Waals surface area contributed by atoms with Crippen LogP contribution in [0.5, 0.6) is 0 Å². The first-order chi connectivity index (χ1) is 14.4. The quantitative estimate of drug-likeness (QED) is 0.682. The third-order valence-electron chi connectivity index (χ3n) is 6.04. The normalized spacial score (nSPS) is 16.0. The van der Waals surface area contributed by atoms with Crippen LogP contribution < -0.4 is 5.32 Å². The van der Waals surface area contributed by atoms with Gasteiger partial charge >= 0.3 is 0 Å². The highest BCUT2D eigenvalue weighted by atomic mass is 16.2. The van der Waals surface area contributed by atoms with E-state index in [-0.39, 0.29) is 11.8 Å². The molecule has 1 N–H and O–H groups in total. The summed E-state index contributed by atoms with van der Waals surface area (Å²) in [5.74, 6) is 0.0385. The van der Waals surface area contributed by atoms with Crippen LogP contribution in [0.2, 0.25) is 0 Å². The van der Waals surface area contributed by atoms with Crippen molar-refractivity contribution in [3.8, 4) is 0 Å². The van der Waals surface area contributed by atoms with Gasteiger partial charge < -0.3 is 10.2 Å². The first-order valence-electron chi connectivity index (χ1n) is 10.9. The van der Waals surface area contributed by atoms with Gasteiger partial charge in [-0.25, -0.2) is 0 Å². The lowest BCUT2D eigenvalue weighted by Crippen LogP contribution is -2.31. The molecule has 156 valence electrons. The first kappa shape index (κ1) is 20.4. The van der Waals surface area contributed by atoms with Crippen LogP contribution in [0.15, 0.2) is 42.5 Å². The fraction of sp³-hybridized carbons (Fsp3) is 0.385. The van der Waals surface area contributed by atoms with Crippen molar-refractivity contribution in [2.75, 3.05) is 0 Å². The fourth-order valence-electron chi connectivity index (χ4n) is 3.65. The van der Waals surface area contributed by atoms with Gasteiger partial charge in [0.15, 0.2) is 0 Å². The van der Waals surface area contributed by atoms with Crippen LogP contribution in [0.4, 0.5) is 0 Å². The molecule has 0 aliphatic heterocycles. The monoisotopic (exact) mass is 402 g/mol. The Morgan fingerprint density at radius 1 is 0.967 bits per heavy atom. The molecule has 4 rings (SSSR count). The van der Waals surface area contributed by atoms with E-state index in [2.05, 4.69) is 38.2 Å². The van der Waals surface area contributed by atoms with Gasteiger partial charge in [0.05, 0.1) is 0 Å². The zero-order valence-electron chi connectivity index (χ0n) is 18.1. The van der Waals surface area contributed by atoms with Crippen molar-refractivity contribution in [3.05, 3.63) is 75.9 Å². The molecule has 2 aliphatic rings. The van der Waals surface area contributed by atoms with E-state index >= 15 is 0 Å². The van der Waals surface area contributed by atoms with Crippen molar-refractivity contribution in [1.82, 2.24) is 10.2 Å². The summed E-state index contributed by atoms with van der Waals surface area (Å²) < 4.78 is 0. The van der Waals surface area contributed by atoms with E-state index in [9.17, 15) is 9.59 Å². The predicted octanol–water partition coefficient (Wildman–Crippen LogP) is 4.71. The molecule has 4 heteroatoms. The third kappa shape index (κ3) is 4.99. The average molecular weight is 403 g/mol. The Morgan fingerprint density at radius 3 is 2.27 bits per heavy atom. The Kier molecular flexibility index (Phi) is 5.76. The number of carbonyl (C=O) groups excluding carboxylic acids is 2. The standard InChI is InChI=1S/C26H30N2O2/c1-17-14-19(3)22(15-18(17)2)8-13-25(29)28(24-11-12-24)16-20-4-6-21(7-5-20)26(30)27-23-9-10-23/h4-8,13-15,23-24H,9-12,16H2,1-3H3,(H,27,30). The molecule has 2 fully saturated rings. The van der Waals surface area contributed by atoms with Crippen molar-refractivity contribution < 1.29 is 9.59 Å². The smallest absolute Gasteiger partial charge is 0.251 e. The van der Waals surface area contributed by atoms with E-state index in [0.29, 0.717) is 24.2 Å². The highest BCUT2D eigenvalue weighted by Crippen LogP contribution is 2.29. The zero-order chi connectivity index (χ0) is 21.3. The number of nitrogens with one attached hydrogen (secondary N) is 1. The first-order valence-corrected chi connectivity index (χ1v) is 10.9. The number of hydrogen-bond donors (Lipinski definition) is 1. The Bertz CT molecular complexity index is 983. The van der Waals surface area contributed by atoms with Crippen LogP contribution in [0.25, 0.3) is 6.08 Å². The molecule has 0 aromatic heterocycles. The number of carbonyl (C=O) groups is 2. The van der Waals surface area contributed by atoms with Gasteiger partial charge in [-0.15, -0.1) is 0 Å². The minimum atomic E-state index is -0.00845. The predicted molar refractivity (Wildman–Crippen MR) is 120 cm³/mol. The third-order valence-corrected chi connectivity index (χ3v) is 6.04. The molecule has 0 unspecified atom stereocenters. The average Bonchev–Trinajstić information content (AvgIpc) is 3.63. The largest absolute Gasteiger partial charge is 0.349 e. The second-order valence-corrected chi connectivity index (χ2v) is 8.77. The van der Waals surface area contributed by atoms with Gasteiger partial charge in [0, 0.05) is 30.3 Å². The molecule has 4 nitrogen and oxygen atoms in total. The number of rotatable bonds is 7. The maximum atomic E-state index is 12.9. The maximum Gasteiger partial charge on any atom is 0.251 e. The number of hydrogen-bond acceptors (Lipinski definition) is 2. The van der Waals surface area contributed by atoms with Crippen LogP contribution in [-0.2, 0) is 11.3 Å². The van der Waals surface area contributed by atoms with Gasteiger partial charge in [-0.05, 0) is 92.5 Å². The van der Waals surface area contributed by atoms with Crippen LogP contribution in [-0.4, -0.2) is 28.8 Å². The van der Waals surface area contributed by atoms with Crippen molar-refractivity contribution in [1.29, 1.82) is 0 Å². The topological polar surface area (TPSA) is 49.4 Å². The molecular weight excluding hydrogens is 372 g/mol. The van der Waals surface area contributed by atoms with Crippen LogP contribution >= 0.6 is 0 Å². The molecule has 2 aromatic rings. The summed E-state index contributed by atoms with van der Waals surface area (Å²) in [7, 11) is 0. The van der Waals surface area contributed by atoms with E-state index < -0.39 is 0 Å². The molecule has 2 amide bonds. The van der Waals surface area contributed by atoms with Crippen LogP contribution in [0.3, 0.4) is 0 Å². The Balaban J connectivity index is 1.43. The lowest BCUT2D eigenvalue weighted by molar-refractivity contribution is -0.127. The number of nitrogens with zero attached hydrogens (tertiary/aromatic N) is 1. The molecule has 0 saturated heterocycles. The molecule has 30 heavy (non-hydrogen) atoms. The highest BCUT2D eigenvalue weighted by Gasteiger charge is 2.31. The van der Waals surface area contributed by atoms with E-state index in [0.717, 1.165) is 36.8 Å². The summed E-state index contributed by atoms with van der Waals surface area (Å²) in [5.41, 5.74) is 6.50. The molecule has 0 spiro atoms. The summed E-state index contributed by atoms with van der Waals surface area (Å²) in [6.07, 6.45) is 7.92. The lowest BCUT2D eigenvalue weighted by Gasteiger charge is -2.21. The Hall–Kier alpha value is -2.88. The zero-order valence-corrected chi connectivity index (χ0v) is 18.1. The summed E-state index contributed by atoms with van der Waals surface area (Å²) in [4.78, 5) is 27.1. The van der Waals surface area contributed by atoms with Gasteiger partial charge in [-0.1, -0.05) is 24.3 Å². The number of aryl methyl sites for hydroxylation is 3. The van der Waals surface area contributed by atoms with Gasteiger partial charge in [0.2, 0.25) is 5.91 Å². The summed E-state index contributed by atoms with van der Waals surface area (Å²) in [6, 6.07) is 12.6. The van der Waals surface area contributed by atoms with Crippen LogP contribution in [0.1, 0.15) is 63.9 Å². The van der Waals surface area contributed by atoms with E-state index in [4.69, 9.17) is 0 Å². The minimum Gasteiger partial charge on any atom is -0.349 e. The van der Waals surface area contributed by atoms with E-state index in [1.165, 1.54) is 16.7 Å². The number of benzene rings is 2.